The largest absolute Gasteiger partial charge is 0.448 e. The summed E-state index contributed by atoms with van der Waals surface area (Å²) in [6.07, 6.45) is -0.0668. The van der Waals surface area contributed by atoms with E-state index in [0.29, 0.717) is 12.3 Å². The lowest BCUT2D eigenvalue weighted by atomic mass is 10.0. The summed E-state index contributed by atoms with van der Waals surface area (Å²) >= 11 is 0. The van der Waals surface area contributed by atoms with E-state index in [2.05, 4.69) is 4.98 Å². The van der Waals surface area contributed by atoms with Crippen LogP contribution in [0.4, 0.5) is 0 Å². The van der Waals surface area contributed by atoms with E-state index < -0.39 is 18.2 Å². The second-order valence-electron chi connectivity index (χ2n) is 4.92. The number of carbonyl (C=O) groups excluding carboxylic acids is 1. The zero-order chi connectivity index (χ0) is 14.7. The van der Waals surface area contributed by atoms with Crippen molar-refractivity contribution < 1.29 is 24.2 Å². The maximum absolute atomic E-state index is 12.5. The van der Waals surface area contributed by atoms with Crippen molar-refractivity contribution in [2.75, 3.05) is 19.8 Å². The molecule has 1 amide bonds. The van der Waals surface area contributed by atoms with Gasteiger partial charge in [0.05, 0.1) is 19.3 Å². The maximum Gasteiger partial charge on any atom is 0.276 e. The van der Waals surface area contributed by atoms with Gasteiger partial charge < -0.3 is 24.3 Å². The van der Waals surface area contributed by atoms with Crippen LogP contribution in [-0.4, -0.2) is 64.0 Å². The van der Waals surface area contributed by atoms with Crippen LogP contribution in [0.3, 0.4) is 0 Å². The minimum atomic E-state index is -1.02. The van der Waals surface area contributed by atoms with E-state index in [-0.39, 0.29) is 24.8 Å². The molecule has 2 N–H and O–H groups in total. The highest BCUT2D eigenvalue weighted by atomic mass is 16.5. The van der Waals surface area contributed by atoms with E-state index >= 15 is 0 Å². The van der Waals surface area contributed by atoms with E-state index in [0.717, 1.165) is 6.42 Å². The molecule has 1 aliphatic rings. The predicted molar refractivity (Wildman–Crippen MR) is 69.2 cm³/mol. The van der Waals surface area contributed by atoms with Crippen LogP contribution in [0.15, 0.2) is 10.8 Å². The van der Waals surface area contributed by atoms with Crippen LogP contribution in [-0.2, 0) is 4.74 Å². The van der Waals surface area contributed by atoms with Crippen molar-refractivity contribution in [3.63, 3.8) is 0 Å². The average Bonchev–Trinajstić information content (AvgIpc) is 2.85. The Morgan fingerprint density at radius 1 is 1.50 bits per heavy atom. The third-order valence-electron chi connectivity index (χ3n) is 3.44. The number of amides is 1. The van der Waals surface area contributed by atoms with E-state index in [1.807, 2.05) is 6.92 Å². The summed E-state index contributed by atoms with van der Waals surface area (Å²) in [7, 11) is 0. The van der Waals surface area contributed by atoms with Crippen molar-refractivity contribution in [3.05, 3.63) is 17.8 Å². The Morgan fingerprint density at radius 2 is 2.25 bits per heavy atom. The molecule has 1 aromatic heterocycles. The van der Waals surface area contributed by atoms with E-state index in [1.54, 1.807) is 6.92 Å². The fraction of sp³-hybridized carbons (Fsp3) is 0.692. The van der Waals surface area contributed by atoms with Gasteiger partial charge in [-0.1, -0.05) is 6.92 Å². The maximum atomic E-state index is 12.5. The zero-order valence-electron chi connectivity index (χ0n) is 11.7. The third kappa shape index (κ3) is 2.84. The molecular weight excluding hydrogens is 264 g/mol. The van der Waals surface area contributed by atoms with Gasteiger partial charge in [0.1, 0.15) is 18.0 Å². The second kappa shape index (κ2) is 6.34. The normalized spacial score (nSPS) is 26.5. The Balaban J connectivity index is 2.22. The molecule has 20 heavy (non-hydrogen) atoms. The number of nitrogens with zero attached hydrogens (tertiary/aromatic N) is 2. The topological polar surface area (TPSA) is 96.0 Å². The minimum Gasteiger partial charge on any atom is -0.448 e. The van der Waals surface area contributed by atoms with Crippen molar-refractivity contribution in [2.45, 2.75) is 38.5 Å². The highest BCUT2D eigenvalue weighted by molar-refractivity contribution is 5.93. The quantitative estimate of drug-likeness (QED) is 0.805. The van der Waals surface area contributed by atoms with Crippen LogP contribution in [0.2, 0.25) is 0 Å². The van der Waals surface area contributed by atoms with Gasteiger partial charge in [-0.25, -0.2) is 4.98 Å². The number of aromatic nitrogens is 1. The minimum absolute atomic E-state index is 0.0782. The standard InChI is InChI=1S/C13H20N2O5/c1-3-4-15(9-5-19-6-10(16)12(9)17)13(18)11-8(2)20-7-14-11/h7,9-10,12,16-17H,3-6H2,1-2H3/t9-,10-,12+/m1/s1. The number of aliphatic hydroxyl groups is 2. The lowest BCUT2D eigenvalue weighted by Gasteiger charge is -2.39. The monoisotopic (exact) mass is 284 g/mol. The highest BCUT2D eigenvalue weighted by Crippen LogP contribution is 2.19. The van der Waals surface area contributed by atoms with Crippen molar-refractivity contribution in [2.24, 2.45) is 0 Å². The molecule has 3 atom stereocenters. The van der Waals surface area contributed by atoms with Crippen molar-refractivity contribution in [1.29, 1.82) is 0 Å². The molecule has 0 spiro atoms. The van der Waals surface area contributed by atoms with Crippen LogP contribution < -0.4 is 0 Å². The number of oxazole rings is 1. The van der Waals surface area contributed by atoms with Crippen LogP contribution in [0.25, 0.3) is 0 Å². The Labute approximate surface area is 117 Å². The predicted octanol–water partition coefficient (Wildman–Crippen LogP) is -0.0442. The van der Waals surface area contributed by atoms with Crippen molar-refractivity contribution >= 4 is 5.91 Å². The molecule has 0 aromatic carbocycles. The second-order valence-corrected chi connectivity index (χ2v) is 4.92. The Kier molecular flexibility index (Phi) is 4.74. The van der Waals surface area contributed by atoms with Gasteiger partial charge in [-0.3, -0.25) is 4.79 Å². The molecule has 0 unspecified atom stereocenters. The smallest absolute Gasteiger partial charge is 0.276 e. The molecule has 2 rings (SSSR count). The molecule has 112 valence electrons. The van der Waals surface area contributed by atoms with Crippen LogP contribution in [0, 0.1) is 6.92 Å². The molecule has 0 bridgehead atoms. The molecule has 0 radical (unpaired) electrons. The number of hydrogen-bond donors (Lipinski definition) is 2. The summed E-state index contributed by atoms with van der Waals surface area (Å²) in [5.74, 6) is 0.114. The fourth-order valence-electron chi connectivity index (χ4n) is 2.34. The number of rotatable bonds is 4. The molecule has 1 saturated heterocycles. The van der Waals surface area contributed by atoms with Gasteiger partial charge in [0.25, 0.3) is 5.91 Å². The first-order chi connectivity index (χ1) is 9.56. The summed E-state index contributed by atoms with van der Waals surface area (Å²) in [5, 5.41) is 19.8. The molecular formula is C13H20N2O5. The fourth-order valence-corrected chi connectivity index (χ4v) is 2.34. The SMILES string of the molecule is CCCN(C(=O)c1ncoc1C)[C@@H]1COC[C@@H](O)[C@H]1O. The highest BCUT2D eigenvalue weighted by Gasteiger charge is 2.38. The third-order valence-corrected chi connectivity index (χ3v) is 3.44. The van der Waals surface area contributed by atoms with Crippen LogP contribution >= 0.6 is 0 Å². The molecule has 0 aliphatic carbocycles. The van der Waals surface area contributed by atoms with Crippen molar-refractivity contribution in [3.8, 4) is 0 Å². The number of hydrogen-bond acceptors (Lipinski definition) is 6. The molecule has 1 aromatic rings. The van der Waals surface area contributed by atoms with Gasteiger partial charge in [-0.05, 0) is 13.3 Å². The van der Waals surface area contributed by atoms with Crippen LogP contribution in [0.1, 0.15) is 29.6 Å². The Hall–Kier alpha value is -1.44. The van der Waals surface area contributed by atoms with Gasteiger partial charge in [-0.15, -0.1) is 0 Å². The van der Waals surface area contributed by atoms with Gasteiger partial charge in [0, 0.05) is 6.54 Å². The molecule has 1 aliphatic heterocycles. The first-order valence-corrected chi connectivity index (χ1v) is 6.71. The molecule has 7 heteroatoms. The first kappa shape index (κ1) is 15.0. The summed E-state index contributed by atoms with van der Waals surface area (Å²) in [6.45, 7) is 4.31. The van der Waals surface area contributed by atoms with Gasteiger partial charge in [0.15, 0.2) is 12.1 Å². The average molecular weight is 284 g/mol. The zero-order valence-corrected chi connectivity index (χ0v) is 11.7. The van der Waals surface area contributed by atoms with Gasteiger partial charge >= 0.3 is 0 Å². The molecule has 2 heterocycles. The summed E-state index contributed by atoms with van der Waals surface area (Å²) in [5.41, 5.74) is 0.228. The Morgan fingerprint density at radius 3 is 2.85 bits per heavy atom. The van der Waals surface area contributed by atoms with E-state index in [4.69, 9.17) is 9.15 Å². The van der Waals surface area contributed by atoms with Crippen molar-refractivity contribution in [1.82, 2.24) is 9.88 Å². The Bertz CT molecular complexity index is 461. The number of aliphatic hydroxyl groups excluding tert-OH is 2. The van der Waals surface area contributed by atoms with E-state index in [1.165, 1.54) is 11.3 Å². The first-order valence-electron chi connectivity index (χ1n) is 6.71. The number of ether oxygens (including phenoxy) is 1. The summed E-state index contributed by atoms with van der Waals surface area (Å²) < 4.78 is 10.3. The number of carbonyl (C=O) groups is 1. The van der Waals surface area contributed by atoms with Gasteiger partial charge in [0.2, 0.25) is 0 Å². The number of aryl methyl sites for hydroxylation is 1. The molecule has 0 saturated carbocycles. The van der Waals surface area contributed by atoms with Gasteiger partial charge in [-0.2, -0.15) is 0 Å². The van der Waals surface area contributed by atoms with Crippen LogP contribution in [0.5, 0.6) is 0 Å². The lowest BCUT2D eigenvalue weighted by Crippen LogP contribution is -2.57. The molecule has 7 nitrogen and oxygen atoms in total. The molecule has 1 fully saturated rings. The van der Waals surface area contributed by atoms with E-state index in [9.17, 15) is 15.0 Å². The summed E-state index contributed by atoms with van der Waals surface area (Å²) in [4.78, 5) is 17.9. The summed E-state index contributed by atoms with van der Waals surface area (Å²) in [6, 6.07) is -0.581. The lowest BCUT2D eigenvalue weighted by molar-refractivity contribution is -0.125.